The number of rotatable bonds is 7. The summed E-state index contributed by atoms with van der Waals surface area (Å²) in [4.78, 5) is 0. The normalized spacial score (nSPS) is 15.2. The molecule has 0 saturated carbocycles. The number of nitrogens with one attached hydrogen (secondary N) is 1. The molecular formula is C18H21ClFNO4. The van der Waals surface area contributed by atoms with E-state index in [1.807, 2.05) is 24.3 Å². The van der Waals surface area contributed by atoms with Crippen LogP contribution in [0.2, 0.25) is 0 Å². The van der Waals surface area contributed by atoms with Crippen LogP contribution in [0.25, 0.3) is 0 Å². The van der Waals surface area contributed by atoms with E-state index in [-0.39, 0.29) is 24.3 Å². The summed E-state index contributed by atoms with van der Waals surface area (Å²) in [5.41, 5.74) is 0. The first kappa shape index (κ1) is 19.1. The van der Waals surface area contributed by atoms with Gasteiger partial charge in [0.1, 0.15) is 19.3 Å². The van der Waals surface area contributed by atoms with Crippen molar-refractivity contribution in [3.8, 4) is 23.0 Å². The molecule has 0 saturated heterocycles. The third kappa shape index (κ3) is 4.90. The molecule has 0 bridgehead atoms. The van der Waals surface area contributed by atoms with Crippen LogP contribution in [-0.2, 0) is 0 Å². The summed E-state index contributed by atoms with van der Waals surface area (Å²) in [5.74, 6) is 1.60. The first-order chi connectivity index (χ1) is 11.8. The van der Waals surface area contributed by atoms with Gasteiger partial charge in [-0.3, -0.25) is 0 Å². The third-order valence-electron chi connectivity index (χ3n) is 3.62. The van der Waals surface area contributed by atoms with Gasteiger partial charge in [0.2, 0.25) is 0 Å². The summed E-state index contributed by atoms with van der Waals surface area (Å²) in [5, 5.41) is 3.22. The van der Waals surface area contributed by atoms with Crippen LogP contribution in [0.1, 0.15) is 0 Å². The van der Waals surface area contributed by atoms with Gasteiger partial charge >= 0.3 is 0 Å². The Kier molecular flexibility index (Phi) is 7.16. The predicted octanol–water partition coefficient (Wildman–Crippen LogP) is 3.06. The minimum absolute atomic E-state index is 0. The van der Waals surface area contributed by atoms with Gasteiger partial charge in [-0.25, -0.2) is 4.39 Å². The van der Waals surface area contributed by atoms with Crippen molar-refractivity contribution in [1.82, 2.24) is 5.32 Å². The summed E-state index contributed by atoms with van der Waals surface area (Å²) in [7, 11) is 1.48. The van der Waals surface area contributed by atoms with Crippen molar-refractivity contribution in [2.45, 2.75) is 6.10 Å². The average molecular weight is 370 g/mol. The topological polar surface area (TPSA) is 49.0 Å². The summed E-state index contributed by atoms with van der Waals surface area (Å²) >= 11 is 0. The number of fused-ring (bicyclic) bond motifs is 1. The molecule has 0 aliphatic carbocycles. The van der Waals surface area contributed by atoms with E-state index < -0.39 is 5.82 Å². The number of methoxy groups -OCH3 is 1. The molecule has 1 aliphatic heterocycles. The smallest absolute Gasteiger partial charge is 0.197 e. The maximum atomic E-state index is 13.7. The second-order valence-electron chi connectivity index (χ2n) is 5.32. The Hall–Kier alpha value is -2.18. The van der Waals surface area contributed by atoms with E-state index in [1.54, 1.807) is 12.1 Å². The molecule has 2 aromatic carbocycles. The van der Waals surface area contributed by atoms with Crippen LogP contribution in [0.3, 0.4) is 0 Å². The van der Waals surface area contributed by atoms with Gasteiger partial charge in [-0.15, -0.1) is 12.4 Å². The zero-order valence-electron chi connectivity index (χ0n) is 13.9. The standard InChI is InChI=1S/C18H20FNO4.ClH/c1-21-17-8-4-5-14(19)18(17)22-10-9-20-11-13-12-23-15-6-2-3-7-16(15)24-13;/h2-8,13,20H,9-12H2,1H3;1H/t13-;/m1./s1. The van der Waals surface area contributed by atoms with E-state index in [0.29, 0.717) is 32.1 Å². The van der Waals surface area contributed by atoms with Gasteiger partial charge in [0.15, 0.2) is 28.8 Å². The average Bonchev–Trinajstić information content (AvgIpc) is 2.62. The molecule has 0 radical (unpaired) electrons. The summed E-state index contributed by atoms with van der Waals surface area (Å²) in [6, 6.07) is 12.2. The second kappa shape index (κ2) is 9.34. The molecule has 0 aromatic heterocycles. The van der Waals surface area contributed by atoms with Crippen LogP contribution in [-0.4, -0.2) is 39.5 Å². The van der Waals surface area contributed by atoms with Crippen LogP contribution in [0.5, 0.6) is 23.0 Å². The van der Waals surface area contributed by atoms with Gasteiger partial charge in [-0.1, -0.05) is 18.2 Å². The number of para-hydroxylation sites is 3. The van der Waals surface area contributed by atoms with Crippen LogP contribution >= 0.6 is 12.4 Å². The third-order valence-corrected chi connectivity index (χ3v) is 3.62. The Morgan fingerprint density at radius 3 is 2.76 bits per heavy atom. The lowest BCUT2D eigenvalue weighted by molar-refractivity contribution is 0.0896. The van der Waals surface area contributed by atoms with Gasteiger partial charge in [-0.2, -0.15) is 0 Å². The number of benzene rings is 2. The van der Waals surface area contributed by atoms with Crippen molar-refractivity contribution in [2.24, 2.45) is 0 Å². The first-order valence-corrected chi connectivity index (χ1v) is 7.82. The zero-order valence-corrected chi connectivity index (χ0v) is 14.7. The number of hydrogen-bond donors (Lipinski definition) is 1. The van der Waals surface area contributed by atoms with Crippen LogP contribution in [0, 0.1) is 5.82 Å². The zero-order chi connectivity index (χ0) is 16.8. The van der Waals surface area contributed by atoms with Crippen molar-refractivity contribution in [3.63, 3.8) is 0 Å². The minimum Gasteiger partial charge on any atom is -0.493 e. The van der Waals surface area contributed by atoms with Gasteiger partial charge in [0.25, 0.3) is 0 Å². The molecule has 0 spiro atoms. The van der Waals surface area contributed by atoms with Gasteiger partial charge in [-0.05, 0) is 24.3 Å². The molecule has 1 aliphatic rings. The molecule has 0 unspecified atom stereocenters. The fourth-order valence-corrected chi connectivity index (χ4v) is 2.44. The molecule has 1 heterocycles. The summed E-state index contributed by atoms with van der Waals surface area (Å²) < 4.78 is 35.8. The van der Waals surface area contributed by atoms with Crippen molar-refractivity contribution >= 4 is 12.4 Å². The fourth-order valence-electron chi connectivity index (χ4n) is 2.44. The van der Waals surface area contributed by atoms with E-state index in [4.69, 9.17) is 18.9 Å². The van der Waals surface area contributed by atoms with E-state index in [9.17, 15) is 4.39 Å². The quantitative estimate of drug-likeness (QED) is 0.760. The van der Waals surface area contributed by atoms with Crippen LogP contribution in [0.4, 0.5) is 4.39 Å². The lowest BCUT2D eigenvalue weighted by Gasteiger charge is -2.26. The summed E-state index contributed by atoms with van der Waals surface area (Å²) in [6.45, 7) is 1.98. The lowest BCUT2D eigenvalue weighted by Crippen LogP contribution is -2.39. The Balaban J connectivity index is 0.00000225. The Labute approximate surface area is 152 Å². The molecule has 0 fully saturated rings. The highest BCUT2D eigenvalue weighted by molar-refractivity contribution is 5.85. The first-order valence-electron chi connectivity index (χ1n) is 7.82. The van der Waals surface area contributed by atoms with E-state index >= 15 is 0 Å². The van der Waals surface area contributed by atoms with Crippen molar-refractivity contribution in [1.29, 1.82) is 0 Å². The largest absolute Gasteiger partial charge is 0.493 e. The fraction of sp³-hybridized carbons (Fsp3) is 0.333. The Morgan fingerprint density at radius 1 is 1.16 bits per heavy atom. The second-order valence-corrected chi connectivity index (χ2v) is 5.32. The molecule has 25 heavy (non-hydrogen) atoms. The maximum absolute atomic E-state index is 13.7. The molecule has 0 amide bonds. The van der Waals surface area contributed by atoms with E-state index in [2.05, 4.69) is 5.32 Å². The highest BCUT2D eigenvalue weighted by Gasteiger charge is 2.20. The number of ether oxygens (including phenoxy) is 4. The number of hydrogen-bond acceptors (Lipinski definition) is 5. The van der Waals surface area contributed by atoms with Crippen molar-refractivity contribution in [3.05, 3.63) is 48.3 Å². The summed E-state index contributed by atoms with van der Waals surface area (Å²) in [6.07, 6.45) is -0.0668. The molecule has 2 aromatic rings. The Bertz CT molecular complexity index is 686. The molecular weight excluding hydrogens is 349 g/mol. The SMILES string of the molecule is COc1cccc(F)c1OCCNC[C@@H]1COc2ccccc2O1.Cl. The predicted molar refractivity (Wildman–Crippen MR) is 94.9 cm³/mol. The van der Waals surface area contributed by atoms with Crippen molar-refractivity contribution < 1.29 is 23.3 Å². The Morgan fingerprint density at radius 2 is 1.96 bits per heavy atom. The lowest BCUT2D eigenvalue weighted by atomic mass is 10.2. The molecule has 3 rings (SSSR count). The van der Waals surface area contributed by atoms with Crippen molar-refractivity contribution in [2.75, 3.05) is 33.4 Å². The van der Waals surface area contributed by atoms with E-state index in [0.717, 1.165) is 11.5 Å². The van der Waals surface area contributed by atoms with Crippen LogP contribution in [0.15, 0.2) is 42.5 Å². The molecule has 136 valence electrons. The van der Waals surface area contributed by atoms with Crippen LogP contribution < -0.4 is 24.3 Å². The van der Waals surface area contributed by atoms with Gasteiger partial charge in [0, 0.05) is 13.1 Å². The highest BCUT2D eigenvalue weighted by atomic mass is 35.5. The minimum atomic E-state index is -0.435. The highest BCUT2D eigenvalue weighted by Crippen LogP contribution is 2.31. The molecule has 5 nitrogen and oxygen atoms in total. The monoisotopic (exact) mass is 369 g/mol. The van der Waals surface area contributed by atoms with Gasteiger partial charge in [0.05, 0.1) is 7.11 Å². The van der Waals surface area contributed by atoms with Gasteiger partial charge < -0.3 is 24.3 Å². The molecule has 1 atom stereocenters. The number of halogens is 2. The van der Waals surface area contributed by atoms with E-state index in [1.165, 1.54) is 13.2 Å². The maximum Gasteiger partial charge on any atom is 0.197 e. The molecule has 1 N–H and O–H groups in total. The molecule has 7 heteroatoms.